The Morgan fingerprint density at radius 1 is 1.60 bits per heavy atom. The molecule has 0 aliphatic carbocycles. The number of hydrogen-bond acceptors (Lipinski definition) is 4. The van der Waals surface area contributed by atoms with Crippen molar-refractivity contribution >= 4 is 11.8 Å². The maximum Gasteiger partial charge on any atom is 0.0827 e. The van der Waals surface area contributed by atoms with Gasteiger partial charge in [-0.15, -0.1) is 0 Å². The molecule has 3 nitrogen and oxygen atoms in total. The third kappa shape index (κ3) is 5.43. The zero-order valence-corrected chi connectivity index (χ0v) is 10.4. The standard InChI is InChI=1S/C11H20N2OS/c1-3-12-9-11-10-13(6-7-14-11)5-4-8-15-2/h11-12H,3,5-7,9-10H2,1-2H3/t11-/m1/s1. The highest BCUT2D eigenvalue weighted by Gasteiger charge is 2.18. The lowest BCUT2D eigenvalue weighted by Crippen LogP contribution is -2.46. The van der Waals surface area contributed by atoms with Crippen molar-refractivity contribution < 1.29 is 4.74 Å². The first-order chi connectivity index (χ1) is 7.36. The van der Waals surface area contributed by atoms with Crippen LogP contribution in [-0.2, 0) is 4.74 Å². The van der Waals surface area contributed by atoms with E-state index in [4.69, 9.17) is 4.74 Å². The number of nitrogens with one attached hydrogen (secondary N) is 1. The summed E-state index contributed by atoms with van der Waals surface area (Å²) >= 11 is 1.57. The highest BCUT2D eigenvalue weighted by molar-refractivity contribution is 8.03. The number of rotatable bonds is 4. The lowest BCUT2D eigenvalue weighted by molar-refractivity contribution is -0.0222. The van der Waals surface area contributed by atoms with Gasteiger partial charge in [0.15, 0.2) is 0 Å². The van der Waals surface area contributed by atoms with Crippen LogP contribution in [0.1, 0.15) is 6.92 Å². The van der Waals surface area contributed by atoms with Gasteiger partial charge in [-0.05, 0) is 18.1 Å². The molecule has 0 aromatic heterocycles. The summed E-state index contributed by atoms with van der Waals surface area (Å²) in [6, 6.07) is 0. The van der Waals surface area contributed by atoms with Gasteiger partial charge in [0.1, 0.15) is 0 Å². The van der Waals surface area contributed by atoms with E-state index in [1.807, 2.05) is 6.26 Å². The predicted molar refractivity (Wildman–Crippen MR) is 66.0 cm³/mol. The van der Waals surface area contributed by atoms with Crippen molar-refractivity contribution in [1.29, 1.82) is 0 Å². The molecule has 0 radical (unpaired) electrons. The fourth-order valence-electron chi connectivity index (χ4n) is 1.57. The van der Waals surface area contributed by atoms with Crippen LogP contribution in [0.15, 0.2) is 0 Å². The Labute approximate surface area is 96.9 Å². The Morgan fingerprint density at radius 3 is 3.20 bits per heavy atom. The van der Waals surface area contributed by atoms with Gasteiger partial charge in [-0.25, -0.2) is 0 Å². The van der Waals surface area contributed by atoms with Crippen LogP contribution in [0.25, 0.3) is 0 Å². The largest absolute Gasteiger partial charge is 0.374 e. The molecular formula is C11H20N2OS. The number of likely N-dealkylation sites (N-methyl/N-ethyl adjacent to an activating group) is 1. The monoisotopic (exact) mass is 228 g/mol. The molecule has 1 aliphatic heterocycles. The lowest BCUT2D eigenvalue weighted by Gasteiger charge is -2.31. The van der Waals surface area contributed by atoms with Gasteiger partial charge in [0, 0.05) is 19.6 Å². The minimum atomic E-state index is 0.328. The fourth-order valence-corrected chi connectivity index (χ4v) is 1.78. The van der Waals surface area contributed by atoms with E-state index in [0.717, 1.165) is 39.3 Å². The highest BCUT2D eigenvalue weighted by atomic mass is 32.2. The van der Waals surface area contributed by atoms with E-state index < -0.39 is 0 Å². The van der Waals surface area contributed by atoms with Gasteiger partial charge in [-0.2, -0.15) is 0 Å². The molecule has 1 aliphatic rings. The molecular weight excluding hydrogens is 208 g/mol. The Hall–Kier alpha value is -0.210. The van der Waals surface area contributed by atoms with Crippen molar-refractivity contribution in [3.63, 3.8) is 0 Å². The normalized spacial score (nSPS) is 22.1. The summed E-state index contributed by atoms with van der Waals surface area (Å²) in [6.07, 6.45) is 2.33. The fraction of sp³-hybridized carbons (Fsp3) is 0.818. The molecule has 4 heteroatoms. The Kier molecular flexibility index (Phi) is 6.86. The van der Waals surface area contributed by atoms with E-state index in [1.54, 1.807) is 11.8 Å². The SMILES string of the molecule is CCNC[C@@H]1CN(CC#CSC)CCO1. The van der Waals surface area contributed by atoms with Crippen LogP contribution in [0.2, 0.25) is 0 Å². The maximum absolute atomic E-state index is 5.66. The highest BCUT2D eigenvalue weighted by Crippen LogP contribution is 2.03. The van der Waals surface area contributed by atoms with Gasteiger partial charge in [-0.1, -0.05) is 24.6 Å². The van der Waals surface area contributed by atoms with Crippen molar-refractivity contribution in [2.75, 3.05) is 45.6 Å². The zero-order valence-electron chi connectivity index (χ0n) is 9.58. The minimum Gasteiger partial charge on any atom is -0.374 e. The number of nitrogens with zero attached hydrogens (tertiary/aromatic N) is 1. The van der Waals surface area contributed by atoms with Crippen LogP contribution >= 0.6 is 11.8 Å². The second-order valence-electron chi connectivity index (χ2n) is 3.52. The summed E-state index contributed by atoms with van der Waals surface area (Å²) in [6.45, 7) is 7.77. The van der Waals surface area contributed by atoms with Gasteiger partial charge in [0.25, 0.3) is 0 Å². The number of ether oxygens (including phenoxy) is 1. The summed E-state index contributed by atoms with van der Waals surface area (Å²) in [5.74, 6) is 3.14. The van der Waals surface area contributed by atoms with Crippen LogP contribution < -0.4 is 5.32 Å². The van der Waals surface area contributed by atoms with Crippen LogP contribution in [0.4, 0.5) is 0 Å². The van der Waals surface area contributed by atoms with Gasteiger partial charge >= 0.3 is 0 Å². The van der Waals surface area contributed by atoms with Gasteiger partial charge in [-0.3, -0.25) is 4.90 Å². The Bertz CT molecular complexity index is 224. The molecule has 0 aromatic rings. The van der Waals surface area contributed by atoms with Crippen LogP contribution in [0, 0.1) is 11.2 Å². The van der Waals surface area contributed by atoms with E-state index in [2.05, 4.69) is 28.3 Å². The van der Waals surface area contributed by atoms with E-state index in [0.29, 0.717) is 6.10 Å². The Morgan fingerprint density at radius 2 is 2.47 bits per heavy atom. The van der Waals surface area contributed by atoms with Crippen molar-refractivity contribution in [3.8, 4) is 11.2 Å². The summed E-state index contributed by atoms with van der Waals surface area (Å²) in [4.78, 5) is 2.36. The second-order valence-corrected chi connectivity index (χ2v) is 4.13. The number of morpholine rings is 1. The molecule has 0 aromatic carbocycles. The lowest BCUT2D eigenvalue weighted by atomic mass is 10.2. The van der Waals surface area contributed by atoms with E-state index in [9.17, 15) is 0 Å². The molecule has 0 amide bonds. The van der Waals surface area contributed by atoms with E-state index >= 15 is 0 Å². The molecule has 0 saturated carbocycles. The van der Waals surface area contributed by atoms with Crippen molar-refractivity contribution in [1.82, 2.24) is 10.2 Å². The molecule has 1 saturated heterocycles. The zero-order chi connectivity index (χ0) is 10.9. The quantitative estimate of drug-likeness (QED) is 0.713. The molecule has 1 N–H and O–H groups in total. The van der Waals surface area contributed by atoms with Gasteiger partial charge in [0.05, 0.1) is 19.3 Å². The first-order valence-electron chi connectivity index (χ1n) is 5.42. The molecule has 1 rings (SSSR count). The molecule has 1 atom stereocenters. The Balaban J connectivity index is 2.22. The van der Waals surface area contributed by atoms with Gasteiger partial charge < -0.3 is 10.1 Å². The third-order valence-electron chi connectivity index (χ3n) is 2.32. The summed E-state index contributed by atoms with van der Waals surface area (Å²) in [5.41, 5.74) is 0. The second kappa shape index (κ2) is 8.00. The summed E-state index contributed by atoms with van der Waals surface area (Å²) < 4.78 is 5.66. The van der Waals surface area contributed by atoms with Crippen molar-refractivity contribution in [3.05, 3.63) is 0 Å². The van der Waals surface area contributed by atoms with Crippen molar-refractivity contribution in [2.45, 2.75) is 13.0 Å². The van der Waals surface area contributed by atoms with Crippen LogP contribution in [0.5, 0.6) is 0 Å². The summed E-state index contributed by atoms with van der Waals surface area (Å²) in [5, 5.41) is 6.34. The number of hydrogen-bond donors (Lipinski definition) is 1. The molecule has 1 fully saturated rings. The van der Waals surface area contributed by atoms with Crippen LogP contribution in [-0.4, -0.2) is 56.6 Å². The number of thioether (sulfide) groups is 1. The molecule has 0 bridgehead atoms. The average molecular weight is 228 g/mol. The molecule has 86 valence electrons. The maximum atomic E-state index is 5.66. The molecule has 0 spiro atoms. The van der Waals surface area contributed by atoms with E-state index in [-0.39, 0.29) is 0 Å². The predicted octanol–water partition coefficient (Wildman–Crippen LogP) is 0.621. The average Bonchev–Trinajstić information content (AvgIpc) is 2.27. The first kappa shape index (κ1) is 12.9. The van der Waals surface area contributed by atoms with E-state index in [1.165, 1.54) is 0 Å². The molecule has 15 heavy (non-hydrogen) atoms. The third-order valence-corrected chi connectivity index (χ3v) is 2.67. The minimum absolute atomic E-state index is 0.328. The molecule has 1 heterocycles. The summed E-state index contributed by atoms with van der Waals surface area (Å²) in [7, 11) is 0. The smallest absolute Gasteiger partial charge is 0.0827 e. The molecule has 0 unspecified atom stereocenters. The van der Waals surface area contributed by atoms with Crippen LogP contribution in [0.3, 0.4) is 0 Å². The van der Waals surface area contributed by atoms with Gasteiger partial charge in [0.2, 0.25) is 0 Å². The van der Waals surface area contributed by atoms with Crippen molar-refractivity contribution in [2.24, 2.45) is 0 Å². The topological polar surface area (TPSA) is 24.5 Å². The first-order valence-corrected chi connectivity index (χ1v) is 6.64.